The Balaban J connectivity index is 2.15. The molecule has 4 nitrogen and oxygen atoms in total. The molecule has 0 bridgehead atoms. The fourth-order valence-electron chi connectivity index (χ4n) is 2.16. The summed E-state index contributed by atoms with van der Waals surface area (Å²) in [5.74, 6) is -0.669. The number of carbonyl (C=O) groups is 1. The van der Waals surface area contributed by atoms with Crippen LogP contribution in [0.5, 0.6) is 0 Å². The van der Waals surface area contributed by atoms with E-state index in [9.17, 15) is 9.18 Å². The fourth-order valence-corrected chi connectivity index (χ4v) is 2.16. The normalized spacial score (nSPS) is 10.7. The van der Waals surface area contributed by atoms with E-state index >= 15 is 0 Å². The zero-order chi connectivity index (χ0) is 14.9. The topological polar surface area (TPSA) is 46.9 Å². The minimum absolute atomic E-state index is 0.193. The predicted molar refractivity (Wildman–Crippen MR) is 76.2 cm³/mol. The summed E-state index contributed by atoms with van der Waals surface area (Å²) in [7, 11) is 1.84. The molecule has 106 valence electrons. The van der Waals surface area contributed by atoms with Crippen molar-refractivity contribution >= 4 is 11.6 Å². The van der Waals surface area contributed by atoms with Crippen molar-refractivity contribution in [1.29, 1.82) is 0 Å². The highest BCUT2D eigenvalue weighted by atomic mass is 19.1. The lowest BCUT2D eigenvalue weighted by Crippen LogP contribution is -2.16. The number of benzene rings is 1. The number of halogens is 1. The molecule has 2 rings (SSSR count). The number of aromatic nitrogens is 2. The van der Waals surface area contributed by atoms with E-state index in [4.69, 9.17) is 0 Å². The highest BCUT2D eigenvalue weighted by Crippen LogP contribution is 2.17. The maximum atomic E-state index is 13.6. The molecule has 20 heavy (non-hydrogen) atoms. The van der Waals surface area contributed by atoms with Gasteiger partial charge in [-0.3, -0.25) is 9.48 Å². The van der Waals surface area contributed by atoms with Gasteiger partial charge in [0.25, 0.3) is 0 Å². The first kappa shape index (κ1) is 14.2. The van der Waals surface area contributed by atoms with Gasteiger partial charge in [0, 0.05) is 18.3 Å². The quantitative estimate of drug-likeness (QED) is 0.936. The third-order valence-corrected chi connectivity index (χ3v) is 3.39. The predicted octanol–water partition coefficient (Wildman–Crippen LogP) is 2.67. The second-order valence-electron chi connectivity index (χ2n) is 4.98. The standard InChI is InChI=1S/C15H18FN3O/c1-9-5-6-13(16)14(7-9)17-15(20)8-12-10(2)18-19(4)11(12)3/h5-7H,8H2,1-4H3,(H,17,20). The van der Waals surface area contributed by atoms with Crippen molar-refractivity contribution in [1.82, 2.24) is 9.78 Å². The SMILES string of the molecule is Cc1ccc(F)c(NC(=O)Cc2c(C)nn(C)c2C)c1. The van der Waals surface area contributed by atoms with Crippen LogP contribution in [0.2, 0.25) is 0 Å². The van der Waals surface area contributed by atoms with Crippen molar-refractivity contribution in [3.05, 3.63) is 46.5 Å². The molecule has 0 atom stereocenters. The van der Waals surface area contributed by atoms with Gasteiger partial charge in [0.15, 0.2) is 0 Å². The van der Waals surface area contributed by atoms with Crippen molar-refractivity contribution in [2.24, 2.45) is 7.05 Å². The zero-order valence-electron chi connectivity index (χ0n) is 12.1. The largest absolute Gasteiger partial charge is 0.323 e. The summed E-state index contributed by atoms with van der Waals surface area (Å²) in [4.78, 5) is 12.0. The molecular formula is C15H18FN3O. The average molecular weight is 275 g/mol. The summed E-state index contributed by atoms with van der Waals surface area (Å²) in [5.41, 5.74) is 3.77. The lowest BCUT2D eigenvalue weighted by Gasteiger charge is -2.07. The van der Waals surface area contributed by atoms with Crippen LogP contribution < -0.4 is 5.32 Å². The van der Waals surface area contributed by atoms with Gasteiger partial charge in [0.2, 0.25) is 5.91 Å². The number of aryl methyl sites for hydroxylation is 3. The van der Waals surface area contributed by atoms with Crippen molar-refractivity contribution in [2.75, 3.05) is 5.32 Å². The van der Waals surface area contributed by atoms with Gasteiger partial charge in [-0.15, -0.1) is 0 Å². The number of anilines is 1. The number of amides is 1. The Morgan fingerprint density at radius 2 is 2.05 bits per heavy atom. The molecule has 0 spiro atoms. The Morgan fingerprint density at radius 3 is 2.65 bits per heavy atom. The van der Waals surface area contributed by atoms with E-state index in [1.807, 2.05) is 27.8 Å². The van der Waals surface area contributed by atoms with Crippen LogP contribution in [-0.2, 0) is 18.3 Å². The first-order valence-electron chi connectivity index (χ1n) is 6.43. The Labute approximate surface area is 117 Å². The molecule has 1 aromatic heterocycles. The molecule has 2 aromatic rings. The summed E-state index contributed by atoms with van der Waals surface area (Å²) >= 11 is 0. The summed E-state index contributed by atoms with van der Waals surface area (Å²) in [6.45, 7) is 5.63. The lowest BCUT2D eigenvalue weighted by molar-refractivity contribution is -0.115. The second-order valence-corrected chi connectivity index (χ2v) is 4.98. The molecule has 0 aliphatic rings. The third-order valence-electron chi connectivity index (χ3n) is 3.39. The number of hydrogen-bond acceptors (Lipinski definition) is 2. The first-order chi connectivity index (χ1) is 9.38. The summed E-state index contributed by atoms with van der Waals surface area (Å²) < 4.78 is 15.3. The van der Waals surface area contributed by atoms with Gasteiger partial charge >= 0.3 is 0 Å². The van der Waals surface area contributed by atoms with Crippen LogP contribution >= 0.6 is 0 Å². The van der Waals surface area contributed by atoms with Crippen molar-refractivity contribution in [3.63, 3.8) is 0 Å². The van der Waals surface area contributed by atoms with E-state index < -0.39 is 5.82 Å². The van der Waals surface area contributed by atoms with E-state index in [-0.39, 0.29) is 18.0 Å². The van der Waals surface area contributed by atoms with Crippen LogP contribution in [0.25, 0.3) is 0 Å². The third kappa shape index (κ3) is 2.87. The molecule has 0 unspecified atom stereocenters. The highest BCUT2D eigenvalue weighted by molar-refractivity contribution is 5.92. The smallest absolute Gasteiger partial charge is 0.229 e. The van der Waals surface area contributed by atoms with Gasteiger partial charge in [0.05, 0.1) is 17.8 Å². The van der Waals surface area contributed by atoms with E-state index in [0.29, 0.717) is 0 Å². The van der Waals surface area contributed by atoms with Crippen molar-refractivity contribution in [3.8, 4) is 0 Å². The van der Waals surface area contributed by atoms with Crippen LogP contribution in [0.4, 0.5) is 10.1 Å². The Hall–Kier alpha value is -2.17. The fraction of sp³-hybridized carbons (Fsp3) is 0.333. The Kier molecular flexibility index (Phi) is 3.88. The van der Waals surface area contributed by atoms with E-state index in [0.717, 1.165) is 22.5 Å². The summed E-state index contributed by atoms with van der Waals surface area (Å²) in [6.07, 6.45) is 0.193. The molecule has 0 aliphatic carbocycles. The van der Waals surface area contributed by atoms with Gasteiger partial charge in [-0.25, -0.2) is 4.39 Å². The first-order valence-corrected chi connectivity index (χ1v) is 6.43. The monoisotopic (exact) mass is 275 g/mol. The molecule has 0 saturated heterocycles. The molecule has 0 radical (unpaired) electrons. The average Bonchev–Trinajstić information content (AvgIpc) is 2.61. The molecule has 1 amide bonds. The van der Waals surface area contributed by atoms with E-state index in [2.05, 4.69) is 10.4 Å². The second kappa shape index (κ2) is 5.45. The maximum absolute atomic E-state index is 13.6. The molecule has 0 aliphatic heterocycles. The summed E-state index contributed by atoms with van der Waals surface area (Å²) in [5, 5.41) is 6.88. The highest BCUT2D eigenvalue weighted by Gasteiger charge is 2.14. The zero-order valence-corrected chi connectivity index (χ0v) is 12.1. The van der Waals surface area contributed by atoms with Crippen LogP contribution in [0, 0.1) is 26.6 Å². The van der Waals surface area contributed by atoms with Crippen LogP contribution in [0.3, 0.4) is 0 Å². The van der Waals surface area contributed by atoms with Gasteiger partial charge < -0.3 is 5.32 Å². The summed E-state index contributed by atoms with van der Waals surface area (Å²) in [6, 6.07) is 4.64. The minimum Gasteiger partial charge on any atom is -0.323 e. The van der Waals surface area contributed by atoms with Gasteiger partial charge in [-0.1, -0.05) is 6.07 Å². The van der Waals surface area contributed by atoms with Crippen molar-refractivity contribution < 1.29 is 9.18 Å². The van der Waals surface area contributed by atoms with E-state index in [1.54, 1.807) is 16.8 Å². The number of hydrogen-bond donors (Lipinski definition) is 1. The van der Waals surface area contributed by atoms with Gasteiger partial charge in [-0.2, -0.15) is 5.10 Å². The Morgan fingerprint density at radius 1 is 1.35 bits per heavy atom. The number of nitrogens with one attached hydrogen (secondary N) is 1. The van der Waals surface area contributed by atoms with Gasteiger partial charge in [-0.05, 0) is 38.5 Å². The number of nitrogens with zero attached hydrogens (tertiary/aromatic N) is 2. The maximum Gasteiger partial charge on any atom is 0.229 e. The minimum atomic E-state index is -0.427. The number of carbonyl (C=O) groups excluding carboxylic acids is 1. The van der Waals surface area contributed by atoms with Crippen LogP contribution in [0.1, 0.15) is 22.5 Å². The molecule has 0 fully saturated rings. The molecule has 1 aromatic carbocycles. The molecule has 0 saturated carbocycles. The van der Waals surface area contributed by atoms with Gasteiger partial charge in [0.1, 0.15) is 5.82 Å². The molecule has 1 N–H and O–H groups in total. The molecular weight excluding hydrogens is 257 g/mol. The molecule has 1 heterocycles. The lowest BCUT2D eigenvalue weighted by atomic mass is 10.1. The molecule has 5 heteroatoms. The van der Waals surface area contributed by atoms with Crippen molar-refractivity contribution in [2.45, 2.75) is 27.2 Å². The van der Waals surface area contributed by atoms with Crippen LogP contribution in [-0.4, -0.2) is 15.7 Å². The van der Waals surface area contributed by atoms with Crippen LogP contribution in [0.15, 0.2) is 18.2 Å². The number of rotatable bonds is 3. The Bertz CT molecular complexity index is 661. The van der Waals surface area contributed by atoms with E-state index in [1.165, 1.54) is 6.07 Å².